The lowest BCUT2D eigenvalue weighted by Gasteiger charge is -2.11. The highest BCUT2D eigenvalue weighted by molar-refractivity contribution is 6.20. The van der Waals surface area contributed by atoms with E-state index in [2.05, 4.69) is 156 Å². The summed E-state index contributed by atoms with van der Waals surface area (Å²) in [5.74, 6) is 1.65. The molecule has 0 saturated heterocycles. The van der Waals surface area contributed by atoms with E-state index in [1.807, 2.05) is 66.7 Å². The molecule has 0 unspecified atom stereocenters. The molecule has 5 heterocycles. The third-order valence-corrected chi connectivity index (χ3v) is 13.9. The van der Waals surface area contributed by atoms with Gasteiger partial charge in [-0.1, -0.05) is 164 Å². The molecular formula is C63H36N4O3. The van der Waals surface area contributed by atoms with Crippen LogP contribution in [0.2, 0.25) is 0 Å². The second-order valence-corrected chi connectivity index (χ2v) is 17.8. The van der Waals surface area contributed by atoms with Gasteiger partial charge in [0.1, 0.15) is 33.5 Å². The van der Waals surface area contributed by atoms with Crippen LogP contribution in [-0.4, -0.2) is 19.5 Å². The zero-order valence-electron chi connectivity index (χ0n) is 37.3. The summed E-state index contributed by atoms with van der Waals surface area (Å²) in [5.41, 5.74) is 15.1. The molecule has 0 aliphatic rings. The number of nitrogens with zero attached hydrogens (tertiary/aromatic N) is 4. The van der Waals surface area contributed by atoms with Gasteiger partial charge >= 0.3 is 0 Å². The molecule has 0 atom stereocenters. The molecule has 0 N–H and O–H groups in total. The van der Waals surface area contributed by atoms with Gasteiger partial charge in [0.15, 0.2) is 11.6 Å². The molecule has 7 heteroatoms. The summed E-state index contributed by atoms with van der Waals surface area (Å²) in [6, 6.07) is 75.5. The van der Waals surface area contributed by atoms with E-state index in [-0.39, 0.29) is 0 Å². The van der Waals surface area contributed by atoms with Crippen molar-refractivity contribution >= 4 is 87.6 Å². The molecule has 70 heavy (non-hydrogen) atoms. The zero-order chi connectivity index (χ0) is 45.9. The largest absolute Gasteiger partial charge is 0.456 e. The van der Waals surface area contributed by atoms with Crippen LogP contribution in [0.15, 0.2) is 232 Å². The van der Waals surface area contributed by atoms with Crippen molar-refractivity contribution in [1.29, 1.82) is 0 Å². The average molecular weight is 897 g/mol. The molecule has 326 valence electrons. The predicted octanol–water partition coefficient (Wildman–Crippen LogP) is 17.0. The first kappa shape index (κ1) is 38.5. The second kappa shape index (κ2) is 15.0. The molecule has 0 amide bonds. The maximum atomic E-state index is 6.85. The summed E-state index contributed by atoms with van der Waals surface area (Å²) in [4.78, 5) is 15.9. The number of furan rings is 3. The monoisotopic (exact) mass is 896 g/mol. The van der Waals surface area contributed by atoms with E-state index in [4.69, 9.17) is 28.2 Å². The first-order valence-corrected chi connectivity index (χ1v) is 23.4. The van der Waals surface area contributed by atoms with Crippen molar-refractivity contribution in [2.45, 2.75) is 0 Å². The fourth-order valence-electron chi connectivity index (χ4n) is 10.8. The van der Waals surface area contributed by atoms with Crippen molar-refractivity contribution in [3.05, 3.63) is 218 Å². The van der Waals surface area contributed by atoms with Crippen molar-refractivity contribution in [2.24, 2.45) is 0 Å². The van der Waals surface area contributed by atoms with Crippen LogP contribution in [0, 0.1) is 0 Å². The van der Waals surface area contributed by atoms with Gasteiger partial charge in [-0.3, -0.25) is 4.57 Å². The predicted molar refractivity (Wildman–Crippen MR) is 283 cm³/mol. The van der Waals surface area contributed by atoms with Gasteiger partial charge < -0.3 is 13.3 Å². The Morgan fingerprint density at radius 1 is 0.286 bits per heavy atom. The molecule has 0 bridgehead atoms. The van der Waals surface area contributed by atoms with Gasteiger partial charge in [-0.15, -0.1) is 0 Å². The zero-order valence-corrected chi connectivity index (χ0v) is 37.3. The Morgan fingerprint density at radius 3 is 1.64 bits per heavy atom. The van der Waals surface area contributed by atoms with Crippen molar-refractivity contribution < 1.29 is 13.3 Å². The highest BCUT2D eigenvalue weighted by Gasteiger charge is 2.23. The lowest BCUT2D eigenvalue weighted by molar-refractivity contribution is 0.668. The average Bonchev–Trinajstić information content (AvgIpc) is 4.20. The smallest absolute Gasteiger partial charge is 0.238 e. The Morgan fingerprint density at radius 2 is 0.829 bits per heavy atom. The number of hydrogen-bond acceptors (Lipinski definition) is 6. The minimum atomic E-state index is 0.531. The fourth-order valence-corrected chi connectivity index (χ4v) is 10.8. The van der Waals surface area contributed by atoms with E-state index in [1.54, 1.807) is 0 Å². The summed E-state index contributed by atoms with van der Waals surface area (Å²) in [5, 5.41) is 8.37. The van der Waals surface area contributed by atoms with Crippen LogP contribution in [0.25, 0.3) is 150 Å². The molecule has 15 aromatic rings. The Bertz CT molecular complexity index is 4600. The Kier molecular flexibility index (Phi) is 8.23. The third-order valence-electron chi connectivity index (χ3n) is 13.9. The Hall–Kier alpha value is -9.59. The first-order valence-electron chi connectivity index (χ1n) is 23.4. The maximum absolute atomic E-state index is 6.85. The van der Waals surface area contributed by atoms with E-state index in [0.29, 0.717) is 17.6 Å². The number of fused-ring (bicyclic) bond motifs is 12. The molecule has 0 fully saturated rings. The van der Waals surface area contributed by atoms with Crippen molar-refractivity contribution in [3.8, 4) is 62.1 Å². The minimum Gasteiger partial charge on any atom is -0.456 e. The summed E-state index contributed by atoms with van der Waals surface area (Å²) in [6.45, 7) is 0. The maximum Gasteiger partial charge on any atom is 0.238 e. The Balaban J connectivity index is 0.921. The van der Waals surface area contributed by atoms with Crippen molar-refractivity contribution in [2.75, 3.05) is 0 Å². The van der Waals surface area contributed by atoms with Gasteiger partial charge in [0.05, 0.1) is 11.0 Å². The molecule has 0 aliphatic heterocycles. The van der Waals surface area contributed by atoms with Gasteiger partial charge in [-0.25, -0.2) is 4.98 Å². The highest BCUT2D eigenvalue weighted by atomic mass is 16.3. The van der Waals surface area contributed by atoms with Crippen LogP contribution in [-0.2, 0) is 0 Å². The number of aromatic nitrogens is 4. The summed E-state index contributed by atoms with van der Waals surface area (Å²) < 4.78 is 22.0. The fraction of sp³-hybridized carbons (Fsp3) is 0. The van der Waals surface area contributed by atoms with Gasteiger partial charge in [-0.2, -0.15) is 9.97 Å². The van der Waals surface area contributed by atoms with Gasteiger partial charge in [0.25, 0.3) is 0 Å². The van der Waals surface area contributed by atoms with E-state index in [0.717, 1.165) is 132 Å². The first-order chi connectivity index (χ1) is 34.7. The molecule has 5 aromatic heterocycles. The molecule has 0 radical (unpaired) electrons. The Labute approximate surface area is 399 Å². The lowest BCUT2D eigenvalue weighted by atomic mass is 9.95. The molecule has 7 nitrogen and oxygen atoms in total. The van der Waals surface area contributed by atoms with Crippen LogP contribution in [0.4, 0.5) is 0 Å². The normalized spacial score (nSPS) is 12.0. The number of para-hydroxylation sites is 3. The van der Waals surface area contributed by atoms with Crippen molar-refractivity contribution in [3.63, 3.8) is 0 Å². The lowest BCUT2D eigenvalue weighted by Crippen LogP contribution is -2.06. The topological polar surface area (TPSA) is 83.0 Å². The second-order valence-electron chi connectivity index (χ2n) is 17.8. The molecule has 10 aromatic carbocycles. The van der Waals surface area contributed by atoms with E-state index in [1.165, 1.54) is 0 Å². The quantitative estimate of drug-likeness (QED) is 0.165. The van der Waals surface area contributed by atoms with E-state index >= 15 is 0 Å². The van der Waals surface area contributed by atoms with E-state index < -0.39 is 0 Å². The van der Waals surface area contributed by atoms with Crippen LogP contribution >= 0.6 is 0 Å². The summed E-state index contributed by atoms with van der Waals surface area (Å²) in [6.07, 6.45) is 0. The van der Waals surface area contributed by atoms with Crippen LogP contribution in [0.3, 0.4) is 0 Å². The molecule has 0 aliphatic carbocycles. The standard InChI is InChI=1S/C63H36N4O3/c1-3-15-37(16-4-1)39-31-33-51-48(35-39)42-19-7-9-26-50(42)67(51)63-65-61(38-17-5-2-6-18-38)64-62(66-63)47-25-14-29-55-59(47)49-36-40(32-34-53(49)69-55)41-21-12-30-56-57(41)46-24-11-23-44(60(46)70-56)43-22-13-28-54-58(43)45-20-8-10-27-52(45)68-54/h1-36H. The summed E-state index contributed by atoms with van der Waals surface area (Å²) >= 11 is 0. The molecule has 0 saturated carbocycles. The van der Waals surface area contributed by atoms with Gasteiger partial charge in [-0.05, 0) is 82.4 Å². The third kappa shape index (κ3) is 5.79. The van der Waals surface area contributed by atoms with Crippen LogP contribution in [0.1, 0.15) is 0 Å². The summed E-state index contributed by atoms with van der Waals surface area (Å²) in [7, 11) is 0. The van der Waals surface area contributed by atoms with Gasteiger partial charge in [0, 0.05) is 59.8 Å². The molecular weight excluding hydrogens is 861 g/mol. The van der Waals surface area contributed by atoms with Crippen LogP contribution < -0.4 is 0 Å². The van der Waals surface area contributed by atoms with E-state index in [9.17, 15) is 0 Å². The molecule has 15 rings (SSSR count). The highest BCUT2D eigenvalue weighted by Crippen LogP contribution is 2.45. The molecule has 0 spiro atoms. The SMILES string of the molecule is c1ccc(-c2ccc3c(c2)c2ccccc2n3-c2nc(-c3ccccc3)nc(-c3cccc4oc5ccc(-c6cccc7oc8c(-c9cccc%10oc%11ccccc%11c9%10)cccc8c67)cc5c34)n2)cc1. The number of benzene rings is 10. The van der Waals surface area contributed by atoms with Crippen LogP contribution in [0.5, 0.6) is 0 Å². The minimum absolute atomic E-state index is 0.531. The van der Waals surface area contributed by atoms with Gasteiger partial charge in [0.2, 0.25) is 5.95 Å². The van der Waals surface area contributed by atoms with Crippen molar-refractivity contribution in [1.82, 2.24) is 19.5 Å². The number of rotatable bonds is 6. The number of hydrogen-bond donors (Lipinski definition) is 0.